The van der Waals surface area contributed by atoms with Gasteiger partial charge in [0.25, 0.3) is 0 Å². The third kappa shape index (κ3) is 3.90. The summed E-state index contributed by atoms with van der Waals surface area (Å²) in [7, 11) is 1.90. The molecule has 1 atom stereocenters. The van der Waals surface area contributed by atoms with Crippen LogP contribution in [0.5, 0.6) is 11.5 Å². The van der Waals surface area contributed by atoms with Crippen LogP contribution < -0.4 is 9.47 Å². The maximum Gasteiger partial charge on any atom is 0.233 e. The average molecular weight is 388 g/mol. The first-order valence-electron chi connectivity index (χ1n) is 9.30. The number of hydrogen-bond donors (Lipinski definition) is 0. The number of fused-ring (bicyclic) bond motifs is 1. The van der Waals surface area contributed by atoms with Crippen LogP contribution >= 0.6 is 11.8 Å². The van der Waals surface area contributed by atoms with Crippen LogP contribution in [0.3, 0.4) is 0 Å². The molecule has 1 aromatic carbocycles. The lowest BCUT2D eigenvalue weighted by molar-refractivity contribution is -0.129. The summed E-state index contributed by atoms with van der Waals surface area (Å²) < 4.78 is 13.7. The Balaban J connectivity index is 1.37. The summed E-state index contributed by atoms with van der Waals surface area (Å²) in [5, 5.41) is 9.23. The quantitative estimate of drug-likeness (QED) is 0.750. The smallest absolute Gasteiger partial charge is 0.233 e. The van der Waals surface area contributed by atoms with Gasteiger partial charge in [0, 0.05) is 20.1 Å². The van der Waals surface area contributed by atoms with Crippen molar-refractivity contribution < 1.29 is 14.3 Å². The predicted molar refractivity (Wildman–Crippen MR) is 102 cm³/mol. The Morgan fingerprint density at radius 3 is 2.74 bits per heavy atom. The van der Waals surface area contributed by atoms with Gasteiger partial charge in [0.15, 0.2) is 28.6 Å². The number of carbonyl (C=O) groups is 1. The number of nitrogens with zero attached hydrogens (tertiary/aromatic N) is 4. The second-order valence-electron chi connectivity index (χ2n) is 7.12. The monoisotopic (exact) mass is 388 g/mol. The van der Waals surface area contributed by atoms with Gasteiger partial charge in [-0.15, -0.1) is 10.2 Å². The van der Waals surface area contributed by atoms with Gasteiger partial charge in [-0.3, -0.25) is 4.79 Å². The van der Waals surface area contributed by atoms with Crippen molar-refractivity contribution in [3.8, 4) is 11.5 Å². The van der Waals surface area contributed by atoms with E-state index < -0.39 is 0 Å². The molecule has 144 valence electrons. The number of piperidine rings is 1. The summed E-state index contributed by atoms with van der Waals surface area (Å²) in [6.45, 7) is 4.35. The predicted octanol–water partition coefficient (Wildman–Crippen LogP) is 2.68. The van der Waals surface area contributed by atoms with Gasteiger partial charge in [-0.05, 0) is 30.9 Å². The van der Waals surface area contributed by atoms with Crippen LogP contribution in [0.25, 0.3) is 0 Å². The molecular weight excluding hydrogens is 364 g/mol. The minimum Gasteiger partial charge on any atom is -0.485 e. The molecular formula is C19H24N4O3S. The van der Waals surface area contributed by atoms with Crippen LogP contribution in [0.1, 0.15) is 31.7 Å². The van der Waals surface area contributed by atoms with Crippen molar-refractivity contribution in [1.82, 2.24) is 19.7 Å². The molecule has 0 spiro atoms. The number of thioether (sulfide) groups is 1. The number of carbonyl (C=O) groups excluding carboxylic acids is 1. The Labute approximate surface area is 163 Å². The van der Waals surface area contributed by atoms with Crippen LogP contribution in [-0.2, 0) is 11.8 Å². The SMILES string of the molecule is CC1CCN(C(=O)CSc2nnc([C@H]3COc4ccccc4O3)n2C)CC1. The molecule has 0 aliphatic carbocycles. The Bertz CT molecular complexity index is 817. The summed E-state index contributed by atoms with van der Waals surface area (Å²) in [6.07, 6.45) is 1.86. The normalized spacial score (nSPS) is 19.9. The van der Waals surface area contributed by atoms with Crippen molar-refractivity contribution in [3.05, 3.63) is 30.1 Å². The summed E-state index contributed by atoms with van der Waals surface area (Å²) in [4.78, 5) is 14.4. The van der Waals surface area contributed by atoms with E-state index in [1.54, 1.807) is 0 Å². The van der Waals surface area contributed by atoms with Gasteiger partial charge in [0.2, 0.25) is 5.91 Å². The highest BCUT2D eigenvalue weighted by molar-refractivity contribution is 7.99. The average Bonchev–Trinajstić information content (AvgIpc) is 3.06. The van der Waals surface area contributed by atoms with Gasteiger partial charge in [-0.2, -0.15) is 0 Å². The van der Waals surface area contributed by atoms with Crippen LogP contribution in [0.15, 0.2) is 29.4 Å². The molecule has 1 saturated heterocycles. The minimum atomic E-state index is -0.314. The van der Waals surface area contributed by atoms with E-state index in [0.717, 1.165) is 31.7 Å². The highest BCUT2D eigenvalue weighted by Gasteiger charge is 2.28. The van der Waals surface area contributed by atoms with Crippen molar-refractivity contribution in [2.45, 2.75) is 31.0 Å². The number of amides is 1. The third-order valence-corrected chi connectivity index (χ3v) is 6.13. The van der Waals surface area contributed by atoms with Crippen LogP contribution in [-0.4, -0.2) is 51.0 Å². The molecule has 0 radical (unpaired) electrons. The third-order valence-electron chi connectivity index (χ3n) is 5.13. The lowest BCUT2D eigenvalue weighted by Gasteiger charge is -2.30. The standard InChI is InChI=1S/C19H24N4O3S/c1-13-7-9-23(10-8-13)17(24)12-27-19-21-20-18(22(19)2)16-11-25-14-5-3-4-6-15(14)26-16/h3-6,13,16H,7-12H2,1-2H3/t16-/m1/s1. The fraction of sp³-hybridized carbons (Fsp3) is 0.526. The number of ether oxygens (including phenoxy) is 2. The van der Waals surface area contributed by atoms with E-state index in [-0.39, 0.29) is 12.0 Å². The molecule has 7 nitrogen and oxygen atoms in total. The Hall–Kier alpha value is -2.22. The number of benzene rings is 1. The minimum absolute atomic E-state index is 0.169. The van der Waals surface area contributed by atoms with E-state index >= 15 is 0 Å². The lowest BCUT2D eigenvalue weighted by Crippen LogP contribution is -2.38. The van der Waals surface area contributed by atoms with E-state index in [2.05, 4.69) is 17.1 Å². The zero-order valence-electron chi connectivity index (χ0n) is 15.6. The van der Waals surface area contributed by atoms with E-state index in [0.29, 0.717) is 35.0 Å². The maximum absolute atomic E-state index is 12.4. The lowest BCUT2D eigenvalue weighted by atomic mass is 9.99. The molecule has 0 unspecified atom stereocenters. The van der Waals surface area contributed by atoms with Gasteiger partial charge in [0.05, 0.1) is 5.75 Å². The van der Waals surface area contributed by atoms with Gasteiger partial charge in [0.1, 0.15) is 6.61 Å². The number of likely N-dealkylation sites (tertiary alicyclic amines) is 1. The van der Waals surface area contributed by atoms with Crippen molar-refractivity contribution in [3.63, 3.8) is 0 Å². The van der Waals surface area contributed by atoms with Crippen LogP contribution in [0, 0.1) is 5.92 Å². The summed E-state index contributed by atoms with van der Waals surface area (Å²) >= 11 is 1.42. The first-order valence-corrected chi connectivity index (χ1v) is 10.3. The summed E-state index contributed by atoms with van der Waals surface area (Å²) in [5.41, 5.74) is 0. The highest BCUT2D eigenvalue weighted by Crippen LogP contribution is 2.35. The molecule has 1 aromatic heterocycles. The molecule has 3 heterocycles. The Morgan fingerprint density at radius 2 is 1.96 bits per heavy atom. The second kappa shape index (κ2) is 7.80. The fourth-order valence-electron chi connectivity index (χ4n) is 3.35. The molecule has 0 N–H and O–H groups in total. The maximum atomic E-state index is 12.4. The summed E-state index contributed by atoms with van der Waals surface area (Å²) in [5.74, 6) is 3.41. The molecule has 0 saturated carbocycles. The van der Waals surface area contributed by atoms with E-state index in [1.165, 1.54) is 11.8 Å². The van der Waals surface area contributed by atoms with Crippen molar-refractivity contribution in [1.29, 1.82) is 0 Å². The van der Waals surface area contributed by atoms with Crippen molar-refractivity contribution >= 4 is 17.7 Å². The van der Waals surface area contributed by atoms with Crippen molar-refractivity contribution in [2.75, 3.05) is 25.4 Å². The number of hydrogen-bond acceptors (Lipinski definition) is 6. The van der Waals surface area contributed by atoms with Gasteiger partial charge < -0.3 is 18.9 Å². The largest absolute Gasteiger partial charge is 0.485 e. The molecule has 27 heavy (non-hydrogen) atoms. The van der Waals surface area contributed by atoms with Gasteiger partial charge in [-0.1, -0.05) is 30.8 Å². The molecule has 1 amide bonds. The molecule has 2 aliphatic rings. The van der Waals surface area contributed by atoms with Crippen LogP contribution in [0.4, 0.5) is 0 Å². The van der Waals surface area contributed by atoms with Gasteiger partial charge >= 0.3 is 0 Å². The zero-order chi connectivity index (χ0) is 18.8. The molecule has 1 fully saturated rings. The molecule has 2 aliphatic heterocycles. The molecule has 8 heteroatoms. The Kier molecular flexibility index (Phi) is 5.24. The molecule has 4 rings (SSSR count). The van der Waals surface area contributed by atoms with Gasteiger partial charge in [-0.25, -0.2) is 0 Å². The number of aromatic nitrogens is 3. The fourth-order valence-corrected chi connectivity index (χ4v) is 4.18. The molecule has 2 aromatic rings. The van der Waals surface area contributed by atoms with E-state index in [9.17, 15) is 4.79 Å². The molecule has 0 bridgehead atoms. The Morgan fingerprint density at radius 1 is 1.22 bits per heavy atom. The topological polar surface area (TPSA) is 69.5 Å². The first kappa shape index (κ1) is 18.2. The highest BCUT2D eigenvalue weighted by atomic mass is 32.2. The number of rotatable bonds is 4. The van der Waals surface area contributed by atoms with Crippen LogP contribution in [0.2, 0.25) is 0 Å². The summed E-state index contributed by atoms with van der Waals surface area (Å²) in [6, 6.07) is 7.59. The van der Waals surface area contributed by atoms with E-state index in [4.69, 9.17) is 9.47 Å². The van der Waals surface area contributed by atoms with E-state index in [1.807, 2.05) is 40.8 Å². The second-order valence-corrected chi connectivity index (χ2v) is 8.06. The number of para-hydroxylation sites is 2. The zero-order valence-corrected chi connectivity index (χ0v) is 16.4. The van der Waals surface area contributed by atoms with Crippen molar-refractivity contribution in [2.24, 2.45) is 13.0 Å². The first-order chi connectivity index (χ1) is 13.1.